The van der Waals surface area contributed by atoms with Crippen LogP contribution in [0.25, 0.3) is 11.1 Å². The first kappa shape index (κ1) is 11.9. The van der Waals surface area contributed by atoms with E-state index in [9.17, 15) is 13.2 Å². The molecular weight excluding hydrogens is 253 g/mol. The van der Waals surface area contributed by atoms with E-state index in [-0.39, 0.29) is 5.56 Å². The molecule has 1 aromatic heterocycles. The molecule has 0 N–H and O–H groups in total. The third kappa shape index (κ3) is 2.55. The van der Waals surface area contributed by atoms with Gasteiger partial charge in [-0.3, -0.25) is 0 Å². The SMILES string of the molecule is FC(F)(F)c1ncncc1-c1cccc(Cl)c1. The maximum absolute atomic E-state index is 12.7. The summed E-state index contributed by atoms with van der Waals surface area (Å²) in [6.07, 6.45) is -2.51. The van der Waals surface area contributed by atoms with Crippen molar-refractivity contribution in [2.75, 3.05) is 0 Å². The molecule has 0 aliphatic heterocycles. The lowest BCUT2D eigenvalue weighted by atomic mass is 10.1. The summed E-state index contributed by atoms with van der Waals surface area (Å²) in [6.45, 7) is 0. The van der Waals surface area contributed by atoms with Gasteiger partial charge in [-0.05, 0) is 17.7 Å². The number of hydrogen-bond acceptors (Lipinski definition) is 2. The maximum atomic E-state index is 12.7. The Kier molecular flexibility index (Phi) is 3.02. The number of nitrogens with zero attached hydrogens (tertiary/aromatic N) is 2. The van der Waals surface area contributed by atoms with E-state index in [0.717, 1.165) is 12.5 Å². The molecule has 2 nitrogen and oxygen atoms in total. The van der Waals surface area contributed by atoms with Gasteiger partial charge >= 0.3 is 6.18 Å². The van der Waals surface area contributed by atoms with Gasteiger partial charge in [0.2, 0.25) is 0 Å². The molecule has 0 fully saturated rings. The Hall–Kier alpha value is -1.62. The van der Waals surface area contributed by atoms with Gasteiger partial charge in [0.1, 0.15) is 6.33 Å². The van der Waals surface area contributed by atoms with Crippen molar-refractivity contribution in [2.24, 2.45) is 0 Å². The minimum atomic E-state index is -4.51. The Morgan fingerprint density at radius 2 is 1.94 bits per heavy atom. The Morgan fingerprint density at radius 1 is 1.18 bits per heavy atom. The molecule has 0 radical (unpaired) electrons. The van der Waals surface area contributed by atoms with E-state index in [1.165, 1.54) is 12.1 Å². The quantitative estimate of drug-likeness (QED) is 0.777. The Morgan fingerprint density at radius 3 is 2.59 bits per heavy atom. The molecule has 0 bridgehead atoms. The molecule has 0 unspecified atom stereocenters. The summed E-state index contributed by atoms with van der Waals surface area (Å²) in [4.78, 5) is 6.89. The highest BCUT2D eigenvalue weighted by molar-refractivity contribution is 6.30. The molecule has 0 saturated carbocycles. The van der Waals surface area contributed by atoms with Crippen LogP contribution < -0.4 is 0 Å². The highest BCUT2D eigenvalue weighted by atomic mass is 35.5. The molecule has 2 aromatic rings. The molecule has 1 aromatic carbocycles. The van der Waals surface area contributed by atoms with Crippen molar-refractivity contribution in [1.29, 1.82) is 0 Å². The second-order valence-electron chi connectivity index (χ2n) is 3.29. The summed E-state index contributed by atoms with van der Waals surface area (Å²) >= 11 is 5.74. The predicted octanol–water partition coefficient (Wildman–Crippen LogP) is 3.82. The number of alkyl halides is 3. The van der Waals surface area contributed by atoms with Crippen LogP contribution in [0.4, 0.5) is 13.2 Å². The van der Waals surface area contributed by atoms with Crippen LogP contribution in [0.2, 0.25) is 5.02 Å². The fraction of sp³-hybridized carbons (Fsp3) is 0.0909. The van der Waals surface area contributed by atoms with E-state index >= 15 is 0 Å². The topological polar surface area (TPSA) is 25.8 Å². The zero-order chi connectivity index (χ0) is 12.5. The average Bonchev–Trinajstić information content (AvgIpc) is 2.28. The van der Waals surface area contributed by atoms with E-state index in [4.69, 9.17) is 11.6 Å². The first-order valence-corrected chi connectivity index (χ1v) is 4.99. The predicted molar refractivity (Wildman–Crippen MR) is 57.5 cm³/mol. The van der Waals surface area contributed by atoms with Crippen molar-refractivity contribution in [2.45, 2.75) is 6.18 Å². The second kappa shape index (κ2) is 4.33. The van der Waals surface area contributed by atoms with E-state index in [1.54, 1.807) is 12.1 Å². The highest BCUT2D eigenvalue weighted by Gasteiger charge is 2.35. The monoisotopic (exact) mass is 258 g/mol. The van der Waals surface area contributed by atoms with Crippen molar-refractivity contribution < 1.29 is 13.2 Å². The molecular formula is C11H6ClF3N2. The van der Waals surface area contributed by atoms with Gasteiger partial charge in [-0.15, -0.1) is 0 Å². The lowest BCUT2D eigenvalue weighted by molar-refractivity contribution is -0.140. The molecule has 17 heavy (non-hydrogen) atoms. The van der Waals surface area contributed by atoms with E-state index in [0.29, 0.717) is 10.6 Å². The van der Waals surface area contributed by atoms with Crippen LogP contribution in [-0.4, -0.2) is 9.97 Å². The Balaban J connectivity index is 2.60. The van der Waals surface area contributed by atoms with Gasteiger partial charge in [-0.25, -0.2) is 9.97 Å². The summed E-state index contributed by atoms with van der Waals surface area (Å²) in [6, 6.07) is 6.13. The molecule has 1 heterocycles. The Bertz CT molecular complexity index is 540. The minimum Gasteiger partial charge on any atom is -0.244 e. The Labute approximate surface area is 100 Å². The first-order chi connectivity index (χ1) is 7.98. The third-order valence-corrected chi connectivity index (χ3v) is 2.35. The van der Waals surface area contributed by atoms with Crippen LogP contribution in [0, 0.1) is 0 Å². The molecule has 0 spiro atoms. The molecule has 0 atom stereocenters. The smallest absolute Gasteiger partial charge is 0.244 e. The van der Waals surface area contributed by atoms with Crippen LogP contribution in [0.5, 0.6) is 0 Å². The fourth-order valence-electron chi connectivity index (χ4n) is 1.42. The summed E-state index contributed by atoms with van der Waals surface area (Å²) < 4.78 is 38.1. The van der Waals surface area contributed by atoms with Gasteiger partial charge in [0.05, 0.1) is 0 Å². The molecule has 0 aliphatic carbocycles. The van der Waals surface area contributed by atoms with Crippen molar-refractivity contribution in [3.05, 3.63) is 47.5 Å². The maximum Gasteiger partial charge on any atom is 0.434 e. The molecule has 0 amide bonds. The van der Waals surface area contributed by atoms with E-state index in [2.05, 4.69) is 9.97 Å². The molecule has 6 heteroatoms. The first-order valence-electron chi connectivity index (χ1n) is 4.61. The zero-order valence-electron chi connectivity index (χ0n) is 8.37. The second-order valence-corrected chi connectivity index (χ2v) is 3.73. The van der Waals surface area contributed by atoms with Crippen LogP contribution in [-0.2, 0) is 6.18 Å². The van der Waals surface area contributed by atoms with Crippen molar-refractivity contribution in [3.8, 4) is 11.1 Å². The van der Waals surface area contributed by atoms with Gasteiger partial charge in [0, 0.05) is 16.8 Å². The van der Waals surface area contributed by atoms with Crippen molar-refractivity contribution in [3.63, 3.8) is 0 Å². The molecule has 0 aliphatic rings. The minimum absolute atomic E-state index is 0.0810. The van der Waals surface area contributed by atoms with Gasteiger partial charge in [-0.1, -0.05) is 23.7 Å². The van der Waals surface area contributed by atoms with E-state index in [1.807, 2.05) is 0 Å². The largest absolute Gasteiger partial charge is 0.434 e. The van der Waals surface area contributed by atoms with Crippen LogP contribution >= 0.6 is 11.6 Å². The number of benzene rings is 1. The van der Waals surface area contributed by atoms with Crippen LogP contribution in [0.3, 0.4) is 0 Å². The van der Waals surface area contributed by atoms with E-state index < -0.39 is 11.9 Å². The zero-order valence-corrected chi connectivity index (χ0v) is 9.13. The average molecular weight is 259 g/mol. The lowest BCUT2D eigenvalue weighted by Gasteiger charge is -2.10. The van der Waals surface area contributed by atoms with Crippen LogP contribution in [0.1, 0.15) is 5.69 Å². The third-order valence-electron chi connectivity index (χ3n) is 2.12. The van der Waals surface area contributed by atoms with Gasteiger partial charge in [-0.2, -0.15) is 13.2 Å². The number of rotatable bonds is 1. The summed E-state index contributed by atoms with van der Waals surface area (Å²) in [7, 11) is 0. The fourth-order valence-corrected chi connectivity index (χ4v) is 1.61. The normalized spacial score (nSPS) is 11.5. The van der Waals surface area contributed by atoms with Crippen LogP contribution in [0.15, 0.2) is 36.8 Å². The standard InChI is InChI=1S/C11H6ClF3N2/c12-8-3-1-2-7(4-8)9-5-16-6-17-10(9)11(13,14)15/h1-6H. The van der Waals surface area contributed by atoms with Gasteiger partial charge < -0.3 is 0 Å². The molecule has 2 rings (SSSR count). The summed E-state index contributed by atoms with van der Waals surface area (Å²) in [5, 5.41) is 0.361. The number of aromatic nitrogens is 2. The molecule has 88 valence electrons. The summed E-state index contributed by atoms with van der Waals surface area (Å²) in [5.41, 5.74) is -0.706. The van der Waals surface area contributed by atoms with Crippen molar-refractivity contribution in [1.82, 2.24) is 9.97 Å². The van der Waals surface area contributed by atoms with Crippen molar-refractivity contribution >= 4 is 11.6 Å². The highest BCUT2D eigenvalue weighted by Crippen LogP contribution is 2.35. The van der Waals surface area contributed by atoms with Gasteiger partial charge in [0.15, 0.2) is 5.69 Å². The lowest BCUT2D eigenvalue weighted by Crippen LogP contribution is -2.10. The number of halogens is 4. The van der Waals surface area contributed by atoms with Gasteiger partial charge in [0.25, 0.3) is 0 Å². The summed E-state index contributed by atoms with van der Waals surface area (Å²) in [5.74, 6) is 0. The molecule has 0 saturated heterocycles. The number of hydrogen-bond donors (Lipinski definition) is 0.